The number of nitrogens with one attached hydrogen (secondary N) is 1. The van der Waals surface area contributed by atoms with Crippen molar-refractivity contribution in [3.05, 3.63) is 53.6 Å². The number of likely N-dealkylation sites (N-methyl/N-ethyl adjacent to an activating group) is 1. The maximum Gasteiger partial charge on any atom is 0.253 e. The number of benzene rings is 2. The molecule has 1 heterocycles. The van der Waals surface area contributed by atoms with Crippen molar-refractivity contribution in [2.45, 2.75) is 24.0 Å². The molecule has 1 N–H and O–H groups in total. The van der Waals surface area contributed by atoms with Crippen molar-refractivity contribution in [1.29, 1.82) is 0 Å². The maximum atomic E-state index is 12.6. The molecule has 1 aliphatic rings. The number of rotatable bonds is 5. The van der Waals surface area contributed by atoms with Crippen LogP contribution in [0.4, 0.5) is 5.69 Å². The molecule has 6 heteroatoms. The molecule has 0 radical (unpaired) electrons. The normalized spacial score (nSPS) is 15.8. The quantitative estimate of drug-likeness (QED) is 0.874. The fraction of sp³-hybridized carbons (Fsp3) is 0.300. The molecule has 0 fully saturated rings. The van der Waals surface area contributed by atoms with Gasteiger partial charge in [-0.05, 0) is 44.2 Å². The van der Waals surface area contributed by atoms with E-state index in [0.29, 0.717) is 24.4 Å². The molecular formula is C20H22N2O3S. The number of anilines is 1. The van der Waals surface area contributed by atoms with Crippen molar-refractivity contribution in [2.24, 2.45) is 0 Å². The molecule has 1 unspecified atom stereocenters. The minimum absolute atomic E-state index is 0.0352. The second kappa shape index (κ2) is 7.83. The molecule has 1 aliphatic heterocycles. The molecule has 0 saturated heterocycles. The van der Waals surface area contributed by atoms with E-state index in [0.717, 1.165) is 10.6 Å². The molecule has 0 aliphatic carbocycles. The number of hydrogen-bond acceptors (Lipinski definition) is 4. The van der Waals surface area contributed by atoms with E-state index in [1.54, 1.807) is 24.1 Å². The van der Waals surface area contributed by atoms with Gasteiger partial charge in [-0.1, -0.05) is 17.7 Å². The highest BCUT2D eigenvalue weighted by Crippen LogP contribution is 2.36. The van der Waals surface area contributed by atoms with E-state index in [1.165, 1.54) is 17.3 Å². The Labute approximate surface area is 157 Å². The zero-order valence-corrected chi connectivity index (χ0v) is 15.9. The Bertz CT molecular complexity index is 820. The van der Waals surface area contributed by atoms with Gasteiger partial charge >= 0.3 is 0 Å². The number of nitrogens with zero attached hydrogens (tertiary/aromatic N) is 1. The van der Waals surface area contributed by atoms with Gasteiger partial charge in [0.05, 0.1) is 17.5 Å². The molecule has 0 bridgehead atoms. The van der Waals surface area contributed by atoms with Crippen LogP contribution in [0.2, 0.25) is 0 Å². The summed E-state index contributed by atoms with van der Waals surface area (Å²) in [6.07, 6.45) is 0. The van der Waals surface area contributed by atoms with Crippen molar-refractivity contribution in [2.75, 3.05) is 25.5 Å². The van der Waals surface area contributed by atoms with E-state index < -0.39 is 0 Å². The fourth-order valence-corrected chi connectivity index (χ4v) is 3.53. The van der Waals surface area contributed by atoms with Crippen LogP contribution in [0.5, 0.6) is 5.75 Å². The van der Waals surface area contributed by atoms with Gasteiger partial charge in [0.25, 0.3) is 5.91 Å². The lowest BCUT2D eigenvalue weighted by Gasteiger charge is -2.23. The van der Waals surface area contributed by atoms with Gasteiger partial charge in [0.15, 0.2) is 0 Å². The number of hydrogen-bond donors (Lipinski definition) is 1. The van der Waals surface area contributed by atoms with E-state index in [9.17, 15) is 9.59 Å². The number of thioether (sulfide) groups is 1. The molecule has 136 valence electrons. The average molecular weight is 370 g/mol. The van der Waals surface area contributed by atoms with E-state index in [-0.39, 0.29) is 17.1 Å². The summed E-state index contributed by atoms with van der Waals surface area (Å²) in [5, 5.41) is 2.74. The third kappa shape index (κ3) is 4.19. The number of aryl methyl sites for hydroxylation is 1. The highest BCUT2D eigenvalue weighted by Gasteiger charge is 2.24. The summed E-state index contributed by atoms with van der Waals surface area (Å²) < 4.78 is 5.68. The van der Waals surface area contributed by atoms with E-state index in [1.807, 2.05) is 44.2 Å². The van der Waals surface area contributed by atoms with Crippen LogP contribution in [0.1, 0.15) is 22.8 Å². The first-order valence-electron chi connectivity index (χ1n) is 8.50. The van der Waals surface area contributed by atoms with Crippen LogP contribution in [0.25, 0.3) is 0 Å². The Hall–Kier alpha value is -2.47. The third-order valence-corrected chi connectivity index (χ3v) is 5.40. The molecule has 0 spiro atoms. The topological polar surface area (TPSA) is 58.6 Å². The molecule has 1 atom stereocenters. The molecular weight excluding hydrogens is 348 g/mol. The summed E-state index contributed by atoms with van der Waals surface area (Å²) >= 11 is 1.50. The highest BCUT2D eigenvalue weighted by molar-refractivity contribution is 8.00. The van der Waals surface area contributed by atoms with Crippen molar-refractivity contribution in [3.8, 4) is 5.75 Å². The van der Waals surface area contributed by atoms with Gasteiger partial charge in [-0.2, -0.15) is 0 Å². The monoisotopic (exact) mass is 370 g/mol. The van der Waals surface area contributed by atoms with E-state index in [4.69, 9.17) is 4.74 Å². The molecule has 2 aromatic carbocycles. The molecule has 0 aromatic heterocycles. The van der Waals surface area contributed by atoms with Gasteiger partial charge in [0, 0.05) is 17.5 Å². The highest BCUT2D eigenvalue weighted by atomic mass is 32.2. The minimum atomic E-state index is -0.120. The predicted molar refractivity (Wildman–Crippen MR) is 104 cm³/mol. The van der Waals surface area contributed by atoms with Gasteiger partial charge < -0.3 is 15.0 Å². The number of carbonyl (C=O) groups is 2. The lowest BCUT2D eigenvalue weighted by molar-refractivity contribution is -0.115. The summed E-state index contributed by atoms with van der Waals surface area (Å²) in [5.74, 6) is 0.657. The lowest BCUT2D eigenvalue weighted by atomic mass is 10.1. The Morgan fingerprint density at radius 1 is 1.23 bits per heavy atom. The van der Waals surface area contributed by atoms with Crippen LogP contribution < -0.4 is 10.1 Å². The van der Waals surface area contributed by atoms with Crippen LogP contribution in [0, 0.1) is 6.92 Å². The summed E-state index contributed by atoms with van der Waals surface area (Å²) in [6, 6.07) is 13.3. The zero-order valence-electron chi connectivity index (χ0n) is 15.1. The third-order valence-electron chi connectivity index (χ3n) is 4.22. The van der Waals surface area contributed by atoms with Crippen molar-refractivity contribution in [1.82, 2.24) is 4.90 Å². The van der Waals surface area contributed by atoms with Crippen molar-refractivity contribution >= 4 is 29.3 Å². The summed E-state index contributed by atoms with van der Waals surface area (Å²) in [6.45, 7) is 4.78. The summed E-state index contributed by atoms with van der Waals surface area (Å²) in [7, 11) is 1.75. The van der Waals surface area contributed by atoms with Gasteiger partial charge in [-0.15, -0.1) is 11.8 Å². The standard InChI is InChI=1S/C20H22N2O3S/c1-13-4-7-16(8-5-13)25-11-10-22(3)20(24)15-6-9-18-17(12-15)21-19(23)14(2)26-18/h4-9,12,14H,10-11H2,1-3H3,(H,21,23). The lowest BCUT2D eigenvalue weighted by Crippen LogP contribution is -2.31. The Morgan fingerprint density at radius 3 is 2.69 bits per heavy atom. The average Bonchev–Trinajstić information content (AvgIpc) is 2.63. The largest absolute Gasteiger partial charge is 0.492 e. The van der Waals surface area contributed by atoms with Gasteiger partial charge in [-0.25, -0.2) is 0 Å². The summed E-state index contributed by atoms with van der Waals surface area (Å²) in [4.78, 5) is 27.0. The second-order valence-corrected chi connectivity index (χ2v) is 7.73. The predicted octanol–water partition coefficient (Wildman–Crippen LogP) is 3.58. The zero-order chi connectivity index (χ0) is 18.7. The first-order valence-corrected chi connectivity index (χ1v) is 9.38. The van der Waals surface area contributed by atoms with Crippen LogP contribution in [-0.4, -0.2) is 42.2 Å². The maximum absolute atomic E-state index is 12.6. The SMILES string of the molecule is Cc1ccc(OCCN(C)C(=O)c2ccc3c(c2)NC(=O)C(C)S3)cc1. The van der Waals surface area contributed by atoms with E-state index >= 15 is 0 Å². The first-order chi connectivity index (χ1) is 12.4. The van der Waals surface area contributed by atoms with Gasteiger partial charge in [0.1, 0.15) is 12.4 Å². The number of carbonyl (C=O) groups excluding carboxylic acids is 2. The van der Waals surface area contributed by atoms with Crippen LogP contribution in [0.3, 0.4) is 0 Å². The Kier molecular flexibility index (Phi) is 5.52. The van der Waals surface area contributed by atoms with Crippen molar-refractivity contribution < 1.29 is 14.3 Å². The molecule has 26 heavy (non-hydrogen) atoms. The Balaban J connectivity index is 1.59. The van der Waals surface area contributed by atoms with Crippen LogP contribution in [0.15, 0.2) is 47.4 Å². The van der Waals surface area contributed by atoms with E-state index in [2.05, 4.69) is 5.32 Å². The summed E-state index contributed by atoms with van der Waals surface area (Å²) in [5.41, 5.74) is 2.43. The number of amides is 2. The Morgan fingerprint density at radius 2 is 1.96 bits per heavy atom. The molecule has 5 nitrogen and oxygen atoms in total. The second-order valence-electron chi connectivity index (χ2n) is 6.35. The van der Waals surface area contributed by atoms with Crippen molar-refractivity contribution in [3.63, 3.8) is 0 Å². The molecule has 0 saturated carbocycles. The fourth-order valence-electron chi connectivity index (χ4n) is 2.60. The van der Waals surface area contributed by atoms with Gasteiger partial charge in [-0.3, -0.25) is 9.59 Å². The smallest absolute Gasteiger partial charge is 0.253 e. The number of ether oxygens (including phenoxy) is 1. The first kappa shape index (κ1) is 18.3. The molecule has 2 aromatic rings. The van der Waals surface area contributed by atoms with Crippen LogP contribution in [-0.2, 0) is 4.79 Å². The minimum Gasteiger partial charge on any atom is -0.492 e. The van der Waals surface area contributed by atoms with Gasteiger partial charge in [0.2, 0.25) is 5.91 Å². The van der Waals surface area contributed by atoms with Crippen LogP contribution >= 0.6 is 11.8 Å². The number of fused-ring (bicyclic) bond motifs is 1. The molecule has 3 rings (SSSR count). The molecule has 2 amide bonds.